The number of amides is 6. The third kappa shape index (κ3) is 16.1. The molecule has 63 heavy (non-hydrogen) atoms. The van der Waals surface area contributed by atoms with Crippen molar-refractivity contribution in [1.29, 1.82) is 0 Å². The van der Waals surface area contributed by atoms with Crippen LogP contribution in [0, 0.1) is 23.7 Å². The number of rotatable bonds is 25. The second-order valence-corrected chi connectivity index (χ2v) is 18.6. The molecule has 0 spiro atoms. The Morgan fingerprint density at radius 2 is 1.54 bits per heavy atom. The molecule has 17 heteroatoms. The number of aliphatic hydroxyl groups excluding tert-OH is 1. The van der Waals surface area contributed by atoms with Gasteiger partial charge in [0.25, 0.3) is 0 Å². The molecule has 1 aliphatic heterocycles. The SMILES string of the molecule is CC[C@H](C)[C@@H](NC(=O)[C@@H](NC(=O)[C@@H](CC(C)C)NC)[C@@H](C)OC(=O)[C@H](Cc1ccc(OC)cc1)N(C)C(=O)[C@@H]1CCCN1C(=O)[C@@H](C)CC(C)C)[C@@H](O)CC(=O)NC(C)(C)C(N)=O. The molecule has 1 heterocycles. The molecule has 1 aromatic rings. The number of likely N-dealkylation sites (N-methyl/N-ethyl adjacent to an activating group) is 2. The number of ether oxygens (including phenoxy) is 2. The summed E-state index contributed by atoms with van der Waals surface area (Å²) in [5.41, 5.74) is 4.70. The Balaban J connectivity index is 2.55. The lowest BCUT2D eigenvalue weighted by molar-refractivity contribution is -0.162. The summed E-state index contributed by atoms with van der Waals surface area (Å²) in [6.07, 6.45) is -0.627. The summed E-state index contributed by atoms with van der Waals surface area (Å²) >= 11 is 0. The van der Waals surface area contributed by atoms with Gasteiger partial charge in [0, 0.05) is 25.9 Å². The highest BCUT2D eigenvalue weighted by atomic mass is 16.5. The maximum absolute atomic E-state index is 14.5. The molecular formula is C46H77N7O10. The first-order valence-corrected chi connectivity index (χ1v) is 22.4. The number of nitrogens with one attached hydrogen (secondary N) is 4. The Kier molecular flexibility index (Phi) is 21.5. The average Bonchev–Trinajstić information content (AvgIpc) is 3.71. The fraction of sp³-hybridized carbons (Fsp3) is 0.717. The van der Waals surface area contributed by atoms with Gasteiger partial charge in [0.15, 0.2) is 0 Å². The molecule has 1 saturated heterocycles. The Bertz CT molecular complexity index is 1700. The predicted molar refractivity (Wildman–Crippen MR) is 240 cm³/mol. The minimum Gasteiger partial charge on any atom is -0.497 e. The minimum absolute atomic E-state index is 0.0125. The van der Waals surface area contributed by atoms with Gasteiger partial charge >= 0.3 is 5.97 Å². The first kappa shape index (κ1) is 54.4. The van der Waals surface area contributed by atoms with Gasteiger partial charge in [0.2, 0.25) is 35.4 Å². The van der Waals surface area contributed by atoms with E-state index >= 15 is 0 Å². The lowest BCUT2D eigenvalue weighted by atomic mass is 9.91. The van der Waals surface area contributed by atoms with Crippen LogP contribution in [0.4, 0.5) is 0 Å². The largest absolute Gasteiger partial charge is 0.497 e. The van der Waals surface area contributed by atoms with Gasteiger partial charge in [-0.3, -0.25) is 28.8 Å². The predicted octanol–water partition coefficient (Wildman–Crippen LogP) is 2.45. The van der Waals surface area contributed by atoms with Crippen molar-refractivity contribution in [3.8, 4) is 5.75 Å². The molecular weight excluding hydrogens is 811 g/mol. The summed E-state index contributed by atoms with van der Waals surface area (Å²) in [6.45, 7) is 18.2. The van der Waals surface area contributed by atoms with E-state index in [4.69, 9.17) is 15.2 Å². The number of carbonyl (C=O) groups excluding carboxylic acids is 7. The molecule has 0 saturated carbocycles. The van der Waals surface area contributed by atoms with Crippen molar-refractivity contribution in [2.45, 2.75) is 162 Å². The van der Waals surface area contributed by atoms with Crippen LogP contribution in [0.15, 0.2) is 24.3 Å². The number of nitrogens with zero attached hydrogens (tertiary/aromatic N) is 2. The minimum atomic E-state index is -1.50. The maximum Gasteiger partial charge on any atom is 0.329 e. The highest BCUT2D eigenvalue weighted by Gasteiger charge is 2.42. The van der Waals surface area contributed by atoms with Crippen LogP contribution >= 0.6 is 0 Å². The van der Waals surface area contributed by atoms with Crippen LogP contribution in [-0.2, 0) is 44.7 Å². The first-order chi connectivity index (χ1) is 29.4. The molecule has 0 aliphatic carbocycles. The lowest BCUT2D eigenvalue weighted by Gasteiger charge is -2.35. The molecule has 2 rings (SSSR count). The van der Waals surface area contributed by atoms with Gasteiger partial charge < -0.3 is 51.4 Å². The third-order valence-electron chi connectivity index (χ3n) is 11.9. The van der Waals surface area contributed by atoms with Gasteiger partial charge in [-0.15, -0.1) is 0 Å². The smallest absolute Gasteiger partial charge is 0.329 e. The normalized spacial score (nSPS) is 18.0. The van der Waals surface area contributed by atoms with Crippen LogP contribution in [0.25, 0.3) is 0 Å². The summed E-state index contributed by atoms with van der Waals surface area (Å²) in [5.74, 6) is -3.90. The zero-order chi connectivity index (χ0) is 47.9. The van der Waals surface area contributed by atoms with E-state index in [1.807, 2.05) is 41.5 Å². The maximum atomic E-state index is 14.5. The molecule has 1 aromatic carbocycles. The monoisotopic (exact) mass is 888 g/mol. The van der Waals surface area contributed by atoms with Crippen LogP contribution in [0.5, 0.6) is 5.75 Å². The Morgan fingerprint density at radius 1 is 0.937 bits per heavy atom. The van der Waals surface area contributed by atoms with Gasteiger partial charge in [-0.1, -0.05) is 67.0 Å². The number of benzene rings is 1. The standard InChI is InChI=1S/C46H77N7O10/c1-14-28(6)38(36(54)25-37(55)51-46(9,10)45(47)61)49-41(57)39(50-40(56)33(48-11)23-27(4)5)30(8)63-44(60)35(24-31-17-19-32(62-13)20-18-31)52(12)43(59)34-16-15-21-53(34)42(58)29(7)22-26(2)3/h17-20,26-30,33-36,38-39,48,54H,14-16,21-25H2,1-13H3,(H2,47,61)(H,49,57)(H,50,56)(H,51,55)/t28-,29-,30+,33+,34-,35-,36-,38+,39-/m0/s1. The number of methoxy groups -OCH3 is 1. The fourth-order valence-corrected chi connectivity index (χ4v) is 7.84. The van der Waals surface area contributed by atoms with Gasteiger partial charge in [0.1, 0.15) is 35.5 Å². The molecule has 7 N–H and O–H groups in total. The molecule has 6 amide bonds. The Morgan fingerprint density at radius 3 is 2.06 bits per heavy atom. The van der Waals surface area contributed by atoms with E-state index in [0.717, 1.165) is 0 Å². The lowest BCUT2D eigenvalue weighted by Crippen LogP contribution is -2.61. The second-order valence-electron chi connectivity index (χ2n) is 18.6. The topological polar surface area (TPSA) is 239 Å². The van der Waals surface area contributed by atoms with E-state index in [1.54, 1.807) is 43.1 Å². The Labute approximate surface area is 374 Å². The van der Waals surface area contributed by atoms with Crippen molar-refractivity contribution in [3.05, 3.63) is 29.8 Å². The van der Waals surface area contributed by atoms with E-state index < -0.39 is 89.9 Å². The van der Waals surface area contributed by atoms with Crippen LogP contribution in [0.1, 0.15) is 113 Å². The number of likely N-dealkylation sites (tertiary alicyclic amines) is 1. The number of aliphatic hydroxyl groups is 1. The molecule has 0 bridgehead atoms. The van der Waals surface area contributed by atoms with Crippen LogP contribution in [0.3, 0.4) is 0 Å². The zero-order valence-electron chi connectivity index (χ0n) is 39.9. The van der Waals surface area contributed by atoms with E-state index in [0.29, 0.717) is 50.0 Å². The van der Waals surface area contributed by atoms with E-state index in [-0.39, 0.29) is 36.0 Å². The highest BCUT2D eigenvalue weighted by Crippen LogP contribution is 2.26. The van der Waals surface area contributed by atoms with Gasteiger partial charge in [0.05, 0.1) is 31.7 Å². The molecule has 17 nitrogen and oxygen atoms in total. The fourth-order valence-electron chi connectivity index (χ4n) is 7.84. The Hall–Kier alpha value is -4.77. The quantitative estimate of drug-likeness (QED) is 0.0780. The number of hydrogen-bond acceptors (Lipinski definition) is 11. The van der Waals surface area contributed by atoms with Crippen LogP contribution < -0.4 is 31.7 Å². The van der Waals surface area contributed by atoms with Crippen molar-refractivity contribution in [1.82, 2.24) is 31.1 Å². The summed E-state index contributed by atoms with van der Waals surface area (Å²) in [4.78, 5) is 98.4. The van der Waals surface area contributed by atoms with Crippen molar-refractivity contribution < 1.29 is 48.1 Å². The van der Waals surface area contributed by atoms with E-state index in [2.05, 4.69) is 21.3 Å². The van der Waals surface area contributed by atoms with E-state index in [9.17, 15) is 38.7 Å². The third-order valence-corrected chi connectivity index (χ3v) is 11.9. The summed E-state index contributed by atoms with van der Waals surface area (Å²) < 4.78 is 11.4. The number of hydrogen-bond donors (Lipinski definition) is 6. The average molecular weight is 888 g/mol. The van der Waals surface area contributed by atoms with Gasteiger partial charge in [-0.25, -0.2) is 4.79 Å². The molecule has 1 aliphatic rings. The molecule has 0 aromatic heterocycles. The summed E-state index contributed by atoms with van der Waals surface area (Å²) in [7, 11) is 4.64. The van der Waals surface area contributed by atoms with Gasteiger partial charge in [-0.2, -0.15) is 0 Å². The number of primary amides is 1. The summed E-state index contributed by atoms with van der Waals surface area (Å²) in [6, 6.07) is 1.73. The zero-order valence-corrected chi connectivity index (χ0v) is 39.9. The molecule has 0 unspecified atom stereocenters. The first-order valence-electron chi connectivity index (χ1n) is 22.4. The van der Waals surface area contributed by atoms with Crippen LogP contribution in [0.2, 0.25) is 0 Å². The highest BCUT2D eigenvalue weighted by molar-refractivity contribution is 5.93. The van der Waals surface area contributed by atoms with Crippen molar-refractivity contribution in [2.75, 3.05) is 27.7 Å². The molecule has 1 fully saturated rings. The van der Waals surface area contributed by atoms with Crippen LogP contribution in [-0.4, -0.2) is 132 Å². The van der Waals surface area contributed by atoms with Crippen molar-refractivity contribution in [3.63, 3.8) is 0 Å². The number of carbonyl (C=O) groups is 7. The van der Waals surface area contributed by atoms with Gasteiger partial charge in [-0.05, 0) is 89.0 Å². The van der Waals surface area contributed by atoms with E-state index in [1.165, 1.54) is 39.8 Å². The number of nitrogens with two attached hydrogens (primary N) is 1. The number of esters is 1. The van der Waals surface area contributed by atoms with Crippen molar-refractivity contribution in [2.24, 2.45) is 29.4 Å². The molecule has 9 atom stereocenters. The van der Waals surface area contributed by atoms with Crippen molar-refractivity contribution >= 4 is 41.4 Å². The molecule has 356 valence electrons. The second kappa shape index (κ2) is 24.9. The molecule has 0 radical (unpaired) electrons. The summed E-state index contributed by atoms with van der Waals surface area (Å²) in [5, 5.41) is 22.4.